The van der Waals surface area contributed by atoms with Gasteiger partial charge in [0.25, 0.3) is 0 Å². The molecule has 0 unspecified atom stereocenters. The van der Waals surface area contributed by atoms with E-state index < -0.39 is 23.3 Å². The normalized spacial score (nSPS) is 18.9. The molecule has 0 atom stereocenters. The maximum absolute atomic E-state index is 11.5. The van der Waals surface area contributed by atoms with Crippen molar-refractivity contribution < 1.29 is 24.5 Å². The predicted octanol–water partition coefficient (Wildman–Crippen LogP) is 0.443. The highest BCUT2D eigenvalue weighted by molar-refractivity contribution is 5.72. The molecule has 1 aliphatic heterocycles. The molecule has 1 rings (SSSR count). The molecule has 1 heterocycles. The number of hydrogen-bond acceptors (Lipinski definition) is 4. The van der Waals surface area contributed by atoms with Gasteiger partial charge in [0.15, 0.2) is 0 Å². The molecule has 1 aliphatic rings. The molecular weight excluding hydrogens is 214 g/mol. The fourth-order valence-electron chi connectivity index (χ4n) is 1.51. The van der Waals surface area contributed by atoms with Gasteiger partial charge < -0.3 is 19.8 Å². The molecule has 1 saturated heterocycles. The van der Waals surface area contributed by atoms with Crippen molar-refractivity contribution in [2.45, 2.75) is 38.4 Å². The van der Waals surface area contributed by atoms with Crippen LogP contribution in [0.1, 0.15) is 27.2 Å². The summed E-state index contributed by atoms with van der Waals surface area (Å²) in [6, 6.07) is 0. The van der Waals surface area contributed by atoms with Crippen LogP contribution in [-0.4, -0.2) is 51.5 Å². The summed E-state index contributed by atoms with van der Waals surface area (Å²) in [6.45, 7) is 5.25. The number of carboxylic acid groups (broad SMARTS) is 1. The van der Waals surface area contributed by atoms with Crippen molar-refractivity contribution in [2.24, 2.45) is 0 Å². The van der Waals surface area contributed by atoms with Crippen LogP contribution >= 0.6 is 0 Å². The number of β-amino-alcohol motifs (C(OH)–C–C–N with tert-alkyl or cyclic N) is 1. The summed E-state index contributed by atoms with van der Waals surface area (Å²) in [4.78, 5) is 23.2. The van der Waals surface area contributed by atoms with Crippen molar-refractivity contribution in [3.8, 4) is 0 Å². The van der Waals surface area contributed by atoms with Crippen LogP contribution in [0, 0.1) is 0 Å². The highest BCUT2D eigenvalue weighted by atomic mass is 16.6. The summed E-state index contributed by atoms with van der Waals surface area (Å²) < 4.78 is 5.07. The van der Waals surface area contributed by atoms with E-state index in [1.165, 1.54) is 4.90 Å². The van der Waals surface area contributed by atoms with Crippen molar-refractivity contribution in [3.05, 3.63) is 0 Å². The van der Waals surface area contributed by atoms with E-state index in [0.29, 0.717) is 0 Å². The van der Waals surface area contributed by atoms with Crippen LogP contribution in [0.4, 0.5) is 4.79 Å². The highest BCUT2D eigenvalue weighted by Crippen LogP contribution is 2.26. The van der Waals surface area contributed by atoms with Gasteiger partial charge in [-0.3, -0.25) is 4.79 Å². The molecule has 0 bridgehead atoms. The Hall–Kier alpha value is -1.30. The number of carbonyl (C=O) groups is 2. The van der Waals surface area contributed by atoms with Gasteiger partial charge in [-0.1, -0.05) is 0 Å². The van der Waals surface area contributed by atoms with Gasteiger partial charge >= 0.3 is 12.1 Å². The molecule has 0 aromatic carbocycles. The molecule has 0 aromatic rings. The molecule has 1 amide bonds. The first-order valence-corrected chi connectivity index (χ1v) is 5.03. The van der Waals surface area contributed by atoms with E-state index in [2.05, 4.69) is 0 Å². The SMILES string of the molecule is CC(C)(C)OC(=O)N1CC(O)(CC(=O)O)C1. The Balaban J connectivity index is 2.41. The quantitative estimate of drug-likeness (QED) is 0.720. The number of hydrogen-bond donors (Lipinski definition) is 2. The van der Waals surface area contributed by atoms with Crippen molar-refractivity contribution >= 4 is 12.1 Å². The van der Waals surface area contributed by atoms with Crippen LogP contribution in [0.15, 0.2) is 0 Å². The van der Waals surface area contributed by atoms with Crippen LogP contribution in [0.5, 0.6) is 0 Å². The molecule has 0 saturated carbocycles. The third-order valence-corrected chi connectivity index (χ3v) is 2.10. The molecule has 0 spiro atoms. The number of aliphatic carboxylic acids is 1. The van der Waals surface area contributed by atoms with Crippen LogP contribution < -0.4 is 0 Å². The summed E-state index contributed by atoms with van der Waals surface area (Å²) in [7, 11) is 0. The van der Waals surface area contributed by atoms with Crippen molar-refractivity contribution in [3.63, 3.8) is 0 Å². The zero-order chi connectivity index (χ0) is 12.6. The maximum atomic E-state index is 11.5. The minimum absolute atomic E-state index is 0.00815. The van der Waals surface area contributed by atoms with Crippen LogP contribution in [0.3, 0.4) is 0 Å². The van der Waals surface area contributed by atoms with E-state index in [1.807, 2.05) is 0 Å². The Kier molecular flexibility index (Phi) is 3.14. The van der Waals surface area contributed by atoms with Crippen LogP contribution in [0.25, 0.3) is 0 Å². The van der Waals surface area contributed by atoms with Crippen LogP contribution in [-0.2, 0) is 9.53 Å². The van der Waals surface area contributed by atoms with Gasteiger partial charge in [0.05, 0.1) is 19.5 Å². The van der Waals surface area contributed by atoms with Gasteiger partial charge in [-0.2, -0.15) is 0 Å². The second kappa shape index (κ2) is 3.93. The Morgan fingerprint density at radius 1 is 1.38 bits per heavy atom. The zero-order valence-corrected chi connectivity index (χ0v) is 9.69. The zero-order valence-electron chi connectivity index (χ0n) is 9.69. The summed E-state index contributed by atoms with van der Waals surface area (Å²) >= 11 is 0. The van der Waals surface area contributed by atoms with E-state index >= 15 is 0 Å². The third-order valence-electron chi connectivity index (χ3n) is 2.10. The van der Waals surface area contributed by atoms with E-state index in [0.717, 1.165) is 0 Å². The van der Waals surface area contributed by atoms with Gasteiger partial charge in [0, 0.05) is 0 Å². The van der Waals surface area contributed by atoms with Gasteiger partial charge in [-0.25, -0.2) is 4.79 Å². The lowest BCUT2D eigenvalue weighted by atomic mass is 9.91. The third kappa shape index (κ3) is 3.37. The molecule has 0 aliphatic carbocycles. The smallest absolute Gasteiger partial charge is 0.410 e. The number of nitrogens with zero attached hydrogens (tertiary/aromatic N) is 1. The van der Waals surface area contributed by atoms with Crippen LogP contribution in [0.2, 0.25) is 0 Å². The Morgan fingerprint density at radius 2 is 1.88 bits per heavy atom. The fraction of sp³-hybridized carbons (Fsp3) is 0.800. The molecule has 2 N–H and O–H groups in total. The number of amides is 1. The molecule has 16 heavy (non-hydrogen) atoms. The molecule has 92 valence electrons. The number of carboxylic acids is 1. The maximum Gasteiger partial charge on any atom is 0.410 e. The highest BCUT2D eigenvalue weighted by Gasteiger charge is 2.46. The Bertz CT molecular complexity index is 301. The predicted molar refractivity (Wildman–Crippen MR) is 55.0 cm³/mol. The molecule has 6 heteroatoms. The molecular formula is C10H17NO5. The summed E-state index contributed by atoms with van der Waals surface area (Å²) in [5, 5.41) is 18.2. The summed E-state index contributed by atoms with van der Waals surface area (Å²) in [5.41, 5.74) is -1.89. The van der Waals surface area contributed by atoms with Gasteiger partial charge in [0.1, 0.15) is 11.2 Å². The lowest BCUT2D eigenvalue weighted by molar-refractivity contribution is -0.152. The topological polar surface area (TPSA) is 87.1 Å². The first kappa shape index (κ1) is 12.8. The summed E-state index contributed by atoms with van der Waals surface area (Å²) in [5.74, 6) is -1.08. The first-order chi connectivity index (χ1) is 7.11. The minimum Gasteiger partial charge on any atom is -0.481 e. The van der Waals surface area contributed by atoms with E-state index in [1.54, 1.807) is 20.8 Å². The molecule has 0 radical (unpaired) electrons. The fourth-order valence-corrected chi connectivity index (χ4v) is 1.51. The number of ether oxygens (including phenoxy) is 1. The Morgan fingerprint density at radius 3 is 2.25 bits per heavy atom. The summed E-state index contributed by atoms with van der Waals surface area (Å²) in [6.07, 6.45) is -0.880. The lowest BCUT2D eigenvalue weighted by Gasteiger charge is -2.45. The number of rotatable bonds is 2. The second-order valence-electron chi connectivity index (χ2n) is 5.13. The standard InChI is InChI=1S/C10H17NO5/c1-9(2,3)16-8(14)11-5-10(15,6-11)4-7(12)13/h15H,4-6H2,1-3H3,(H,12,13). The average molecular weight is 231 g/mol. The van der Waals surface area contributed by atoms with Crippen molar-refractivity contribution in [1.82, 2.24) is 4.90 Å². The van der Waals surface area contributed by atoms with Crippen molar-refractivity contribution in [1.29, 1.82) is 0 Å². The number of carbonyl (C=O) groups excluding carboxylic acids is 1. The first-order valence-electron chi connectivity index (χ1n) is 5.03. The molecule has 6 nitrogen and oxygen atoms in total. The average Bonchev–Trinajstić information content (AvgIpc) is 1.94. The lowest BCUT2D eigenvalue weighted by Crippen LogP contribution is -2.64. The monoisotopic (exact) mass is 231 g/mol. The van der Waals surface area contributed by atoms with E-state index in [-0.39, 0.29) is 19.5 Å². The molecule has 0 aromatic heterocycles. The largest absolute Gasteiger partial charge is 0.481 e. The Labute approximate surface area is 93.8 Å². The number of likely N-dealkylation sites (tertiary alicyclic amines) is 1. The van der Waals surface area contributed by atoms with Gasteiger partial charge in [-0.05, 0) is 20.8 Å². The molecule has 1 fully saturated rings. The van der Waals surface area contributed by atoms with E-state index in [9.17, 15) is 14.7 Å². The number of aliphatic hydroxyl groups is 1. The van der Waals surface area contributed by atoms with Crippen molar-refractivity contribution in [2.75, 3.05) is 13.1 Å². The van der Waals surface area contributed by atoms with E-state index in [4.69, 9.17) is 9.84 Å². The second-order valence-corrected chi connectivity index (χ2v) is 5.13. The van der Waals surface area contributed by atoms with Gasteiger partial charge in [0.2, 0.25) is 0 Å². The van der Waals surface area contributed by atoms with Gasteiger partial charge in [-0.15, -0.1) is 0 Å². The minimum atomic E-state index is -1.30.